The predicted molar refractivity (Wildman–Crippen MR) is 106 cm³/mol. The molecule has 1 atom stereocenters. The number of methoxy groups -OCH3 is 1. The Labute approximate surface area is 159 Å². The van der Waals surface area contributed by atoms with Crippen molar-refractivity contribution < 1.29 is 14.3 Å². The molecular formula is C21H25N3O3. The summed E-state index contributed by atoms with van der Waals surface area (Å²) in [5, 5.41) is 6.10. The van der Waals surface area contributed by atoms with Gasteiger partial charge in [-0.1, -0.05) is 30.3 Å². The Balaban J connectivity index is 1.93. The number of carbonyl (C=O) groups is 2. The first-order chi connectivity index (χ1) is 13.1. The normalized spacial score (nSPS) is 14.5. The molecule has 1 aliphatic heterocycles. The van der Waals surface area contributed by atoms with E-state index in [-0.39, 0.29) is 11.8 Å². The first-order valence-electron chi connectivity index (χ1n) is 9.14. The van der Waals surface area contributed by atoms with Crippen LogP contribution in [0.1, 0.15) is 31.4 Å². The van der Waals surface area contributed by atoms with Crippen molar-refractivity contribution in [1.82, 2.24) is 4.90 Å². The second-order valence-corrected chi connectivity index (χ2v) is 6.62. The van der Waals surface area contributed by atoms with Crippen LogP contribution in [-0.2, 0) is 9.59 Å². The van der Waals surface area contributed by atoms with Gasteiger partial charge in [0.25, 0.3) is 0 Å². The minimum atomic E-state index is -0.522. The number of benzene rings is 2. The summed E-state index contributed by atoms with van der Waals surface area (Å²) in [5.74, 6) is 0.504. The van der Waals surface area contributed by atoms with E-state index in [2.05, 4.69) is 10.6 Å². The third-order valence-electron chi connectivity index (χ3n) is 4.62. The maximum atomic E-state index is 13.2. The van der Waals surface area contributed by atoms with Crippen molar-refractivity contribution in [3.63, 3.8) is 0 Å². The fraction of sp³-hybridized carbons (Fsp3) is 0.333. The Kier molecular flexibility index (Phi) is 5.96. The first-order valence-corrected chi connectivity index (χ1v) is 9.14. The van der Waals surface area contributed by atoms with E-state index >= 15 is 0 Å². The Morgan fingerprint density at radius 3 is 2.41 bits per heavy atom. The lowest BCUT2D eigenvalue weighted by Gasteiger charge is -2.26. The van der Waals surface area contributed by atoms with Gasteiger partial charge in [0, 0.05) is 25.7 Å². The molecule has 2 aromatic carbocycles. The van der Waals surface area contributed by atoms with Crippen molar-refractivity contribution in [3.8, 4) is 5.75 Å². The van der Waals surface area contributed by atoms with E-state index in [0.717, 1.165) is 31.5 Å². The summed E-state index contributed by atoms with van der Waals surface area (Å²) in [5.41, 5.74) is 2.19. The zero-order valence-electron chi connectivity index (χ0n) is 15.7. The quantitative estimate of drug-likeness (QED) is 0.821. The van der Waals surface area contributed by atoms with Crippen LogP contribution in [-0.4, -0.2) is 36.9 Å². The van der Waals surface area contributed by atoms with E-state index in [1.54, 1.807) is 25.3 Å². The molecule has 1 saturated heterocycles. The molecule has 0 aliphatic carbocycles. The Morgan fingerprint density at radius 1 is 1.07 bits per heavy atom. The molecule has 1 unspecified atom stereocenters. The second-order valence-electron chi connectivity index (χ2n) is 6.62. The minimum Gasteiger partial charge on any atom is -0.495 e. The maximum Gasteiger partial charge on any atom is 0.249 e. The van der Waals surface area contributed by atoms with Crippen molar-refractivity contribution >= 4 is 23.2 Å². The van der Waals surface area contributed by atoms with Gasteiger partial charge < -0.3 is 20.3 Å². The average Bonchev–Trinajstić information content (AvgIpc) is 3.21. The average molecular weight is 367 g/mol. The minimum absolute atomic E-state index is 0.0469. The van der Waals surface area contributed by atoms with Crippen molar-refractivity contribution in [2.75, 3.05) is 30.8 Å². The molecule has 1 fully saturated rings. The van der Waals surface area contributed by atoms with Gasteiger partial charge >= 0.3 is 0 Å². The molecule has 1 aliphatic rings. The van der Waals surface area contributed by atoms with Crippen LogP contribution in [0.3, 0.4) is 0 Å². The van der Waals surface area contributed by atoms with Crippen molar-refractivity contribution in [1.29, 1.82) is 0 Å². The van der Waals surface area contributed by atoms with Gasteiger partial charge in [0.1, 0.15) is 11.8 Å². The van der Waals surface area contributed by atoms with Crippen LogP contribution in [0.2, 0.25) is 0 Å². The molecule has 0 bridgehead atoms. The number of carbonyl (C=O) groups excluding carboxylic acids is 2. The number of ether oxygens (including phenoxy) is 1. The molecule has 142 valence electrons. The summed E-state index contributed by atoms with van der Waals surface area (Å²) in [6.07, 6.45) is 2.07. The SMILES string of the molecule is COc1ccc(NC(C)=O)cc1NC(C(=O)N1CCCC1)c1ccccc1. The lowest BCUT2D eigenvalue weighted by atomic mass is 10.0. The van der Waals surface area contributed by atoms with Crippen LogP contribution < -0.4 is 15.4 Å². The molecule has 2 N–H and O–H groups in total. The molecule has 2 aromatic rings. The second kappa shape index (κ2) is 8.58. The molecule has 0 radical (unpaired) electrons. The van der Waals surface area contributed by atoms with Crippen LogP contribution >= 0.6 is 0 Å². The van der Waals surface area contributed by atoms with Crippen molar-refractivity contribution in [3.05, 3.63) is 54.1 Å². The molecule has 6 nitrogen and oxygen atoms in total. The summed E-state index contributed by atoms with van der Waals surface area (Å²) in [6.45, 7) is 3.03. The van der Waals surface area contributed by atoms with Crippen LogP contribution in [0.15, 0.2) is 48.5 Å². The summed E-state index contributed by atoms with van der Waals surface area (Å²) >= 11 is 0. The van der Waals surface area contributed by atoms with Crippen molar-refractivity contribution in [2.24, 2.45) is 0 Å². The molecule has 1 heterocycles. The fourth-order valence-electron chi connectivity index (χ4n) is 3.31. The Morgan fingerprint density at radius 2 is 1.78 bits per heavy atom. The molecule has 0 spiro atoms. The monoisotopic (exact) mass is 367 g/mol. The predicted octanol–water partition coefficient (Wildman–Crippen LogP) is 3.43. The molecule has 0 aromatic heterocycles. The third-order valence-corrected chi connectivity index (χ3v) is 4.62. The summed E-state index contributed by atoms with van der Waals surface area (Å²) in [7, 11) is 1.58. The van der Waals surface area contributed by atoms with E-state index < -0.39 is 6.04 Å². The number of rotatable bonds is 6. The molecule has 0 saturated carbocycles. The number of hydrogen-bond donors (Lipinski definition) is 2. The van der Waals surface area contributed by atoms with Gasteiger partial charge in [-0.05, 0) is 36.6 Å². The molecule has 27 heavy (non-hydrogen) atoms. The number of anilines is 2. The lowest BCUT2D eigenvalue weighted by Crippen LogP contribution is -2.36. The lowest BCUT2D eigenvalue weighted by molar-refractivity contribution is -0.131. The highest BCUT2D eigenvalue weighted by Crippen LogP contribution is 2.32. The van der Waals surface area contributed by atoms with Gasteiger partial charge in [0.05, 0.1) is 12.8 Å². The molecule has 2 amide bonds. The van der Waals surface area contributed by atoms with E-state index in [0.29, 0.717) is 17.1 Å². The summed E-state index contributed by atoms with van der Waals surface area (Å²) < 4.78 is 5.45. The number of likely N-dealkylation sites (tertiary alicyclic amines) is 1. The van der Waals surface area contributed by atoms with Crippen LogP contribution in [0.4, 0.5) is 11.4 Å². The third kappa shape index (κ3) is 4.58. The zero-order valence-corrected chi connectivity index (χ0v) is 15.7. The van der Waals surface area contributed by atoms with Crippen molar-refractivity contribution in [2.45, 2.75) is 25.8 Å². The Hall–Kier alpha value is -3.02. The highest BCUT2D eigenvalue weighted by molar-refractivity contribution is 5.91. The first kappa shape index (κ1) is 18.8. The van der Waals surface area contributed by atoms with Crippen LogP contribution in [0, 0.1) is 0 Å². The van der Waals surface area contributed by atoms with Gasteiger partial charge in [0.2, 0.25) is 11.8 Å². The van der Waals surface area contributed by atoms with E-state index in [1.165, 1.54) is 6.92 Å². The molecular weight excluding hydrogens is 342 g/mol. The van der Waals surface area contributed by atoms with E-state index in [4.69, 9.17) is 4.74 Å². The zero-order chi connectivity index (χ0) is 19.2. The largest absolute Gasteiger partial charge is 0.495 e. The van der Waals surface area contributed by atoms with Crippen LogP contribution in [0.25, 0.3) is 0 Å². The number of hydrogen-bond acceptors (Lipinski definition) is 4. The number of nitrogens with one attached hydrogen (secondary N) is 2. The highest BCUT2D eigenvalue weighted by atomic mass is 16.5. The number of nitrogens with zero attached hydrogens (tertiary/aromatic N) is 1. The van der Waals surface area contributed by atoms with Gasteiger partial charge in [-0.25, -0.2) is 0 Å². The van der Waals surface area contributed by atoms with Gasteiger partial charge in [0.15, 0.2) is 0 Å². The van der Waals surface area contributed by atoms with Gasteiger partial charge in [-0.3, -0.25) is 9.59 Å². The summed E-state index contributed by atoms with van der Waals surface area (Å²) in [4.78, 5) is 26.4. The maximum absolute atomic E-state index is 13.2. The molecule has 3 rings (SSSR count). The standard InChI is InChI=1S/C21H25N3O3/c1-15(25)22-17-10-11-19(27-2)18(14-17)23-20(16-8-4-3-5-9-16)21(26)24-12-6-7-13-24/h3-5,8-11,14,20,23H,6-7,12-13H2,1-2H3,(H,22,25). The summed E-state index contributed by atoms with van der Waals surface area (Å²) in [6, 6.07) is 14.5. The topological polar surface area (TPSA) is 70.7 Å². The van der Waals surface area contributed by atoms with Crippen LogP contribution in [0.5, 0.6) is 5.75 Å². The Bertz CT molecular complexity index is 802. The number of amides is 2. The molecule has 6 heteroatoms. The van der Waals surface area contributed by atoms with E-state index in [9.17, 15) is 9.59 Å². The smallest absolute Gasteiger partial charge is 0.249 e. The fourth-order valence-corrected chi connectivity index (χ4v) is 3.31. The van der Waals surface area contributed by atoms with Gasteiger partial charge in [-0.2, -0.15) is 0 Å². The van der Waals surface area contributed by atoms with E-state index in [1.807, 2.05) is 35.2 Å². The van der Waals surface area contributed by atoms with Gasteiger partial charge in [-0.15, -0.1) is 0 Å². The highest BCUT2D eigenvalue weighted by Gasteiger charge is 2.28.